The van der Waals surface area contributed by atoms with Gasteiger partial charge in [0.1, 0.15) is 6.04 Å². The van der Waals surface area contributed by atoms with E-state index in [-0.39, 0.29) is 6.04 Å². The summed E-state index contributed by atoms with van der Waals surface area (Å²) >= 11 is 0. The summed E-state index contributed by atoms with van der Waals surface area (Å²) in [4.78, 5) is 14.2. The molecule has 0 bridgehead atoms. The molecule has 2 atom stereocenters. The minimum Gasteiger partial charge on any atom is -0.480 e. The largest absolute Gasteiger partial charge is 0.480 e. The summed E-state index contributed by atoms with van der Waals surface area (Å²) in [5.41, 5.74) is 5.85. The molecule has 0 spiro atoms. The highest BCUT2D eigenvalue weighted by molar-refractivity contribution is 5.74. The Bertz CT molecular complexity index is 966. The van der Waals surface area contributed by atoms with Crippen LogP contribution in [0.25, 0.3) is 11.1 Å². The molecule has 0 saturated carbocycles. The van der Waals surface area contributed by atoms with Gasteiger partial charge in [-0.2, -0.15) is 0 Å². The maximum absolute atomic E-state index is 12.0. The molecular formula is C26H27NO2. The number of rotatable bonds is 5. The molecule has 3 heteroatoms. The Kier molecular flexibility index (Phi) is 5.77. The lowest BCUT2D eigenvalue weighted by molar-refractivity contribution is -0.145. The number of carbonyl (C=O) groups is 1. The number of likely N-dealkylation sites (tertiary alicyclic amines) is 1. The maximum Gasteiger partial charge on any atom is 0.320 e. The van der Waals surface area contributed by atoms with Crippen molar-refractivity contribution < 1.29 is 9.90 Å². The number of hydrogen-bond donors (Lipinski definition) is 1. The Balaban J connectivity index is 1.75. The van der Waals surface area contributed by atoms with Crippen LogP contribution < -0.4 is 0 Å². The van der Waals surface area contributed by atoms with E-state index >= 15 is 0 Å². The van der Waals surface area contributed by atoms with E-state index in [9.17, 15) is 9.90 Å². The SMILES string of the molecule is Cc1cccc(C(c2ccc(-c3ccccc3)cc2)N2CCCCC2C(=O)O)c1. The highest BCUT2D eigenvalue weighted by Gasteiger charge is 2.35. The van der Waals surface area contributed by atoms with Crippen LogP contribution in [0.3, 0.4) is 0 Å². The van der Waals surface area contributed by atoms with E-state index in [0.717, 1.165) is 30.5 Å². The molecule has 0 aliphatic carbocycles. The molecule has 0 amide bonds. The average molecular weight is 386 g/mol. The van der Waals surface area contributed by atoms with Gasteiger partial charge in [-0.3, -0.25) is 9.69 Å². The monoisotopic (exact) mass is 385 g/mol. The lowest BCUT2D eigenvalue weighted by Crippen LogP contribution is -2.46. The van der Waals surface area contributed by atoms with Gasteiger partial charge in [-0.1, -0.05) is 90.8 Å². The third-order valence-corrected chi connectivity index (χ3v) is 5.85. The van der Waals surface area contributed by atoms with Gasteiger partial charge in [0.15, 0.2) is 0 Å². The van der Waals surface area contributed by atoms with Crippen LogP contribution in [0.4, 0.5) is 0 Å². The molecule has 1 aliphatic rings. The molecule has 0 radical (unpaired) electrons. The van der Waals surface area contributed by atoms with Gasteiger partial charge in [-0.25, -0.2) is 0 Å². The first-order valence-corrected chi connectivity index (χ1v) is 10.3. The predicted octanol–water partition coefficient (Wildman–Crippen LogP) is 5.69. The van der Waals surface area contributed by atoms with Gasteiger partial charge in [0.2, 0.25) is 0 Å². The van der Waals surface area contributed by atoms with Crippen LogP contribution in [0.2, 0.25) is 0 Å². The fourth-order valence-corrected chi connectivity index (χ4v) is 4.43. The fraction of sp³-hybridized carbons (Fsp3) is 0.269. The molecular weight excluding hydrogens is 358 g/mol. The summed E-state index contributed by atoms with van der Waals surface area (Å²) in [5.74, 6) is -0.719. The third kappa shape index (κ3) is 4.25. The number of piperidine rings is 1. The first-order valence-electron chi connectivity index (χ1n) is 10.3. The van der Waals surface area contributed by atoms with E-state index in [1.54, 1.807) is 0 Å². The quantitative estimate of drug-likeness (QED) is 0.613. The minimum absolute atomic E-state index is 0.0545. The molecule has 3 aromatic carbocycles. The molecule has 29 heavy (non-hydrogen) atoms. The Morgan fingerprint density at radius 1 is 0.897 bits per heavy atom. The van der Waals surface area contributed by atoms with Crippen LogP contribution in [0.1, 0.15) is 42.0 Å². The molecule has 1 N–H and O–H groups in total. The summed E-state index contributed by atoms with van der Waals surface area (Å²) in [6.45, 7) is 2.89. The second-order valence-electron chi connectivity index (χ2n) is 7.89. The zero-order valence-electron chi connectivity index (χ0n) is 16.8. The number of carboxylic acids is 1. The molecule has 1 fully saturated rings. The van der Waals surface area contributed by atoms with Crippen molar-refractivity contribution in [2.75, 3.05) is 6.54 Å². The van der Waals surface area contributed by atoms with Crippen molar-refractivity contribution >= 4 is 5.97 Å². The van der Waals surface area contributed by atoms with E-state index in [1.165, 1.54) is 16.7 Å². The van der Waals surface area contributed by atoms with Crippen molar-refractivity contribution in [3.8, 4) is 11.1 Å². The van der Waals surface area contributed by atoms with E-state index in [0.29, 0.717) is 6.42 Å². The van der Waals surface area contributed by atoms with E-state index in [1.807, 2.05) is 18.2 Å². The molecule has 3 aromatic rings. The molecule has 4 rings (SSSR count). The van der Waals surface area contributed by atoms with Crippen LogP contribution in [0.5, 0.6) is 0 Å². The second-order valence-corrected chi connectivity index (χ2v) is 7.89. The predicted molar refractivity (Wildman–Crippen MR) is 117 cm³/mol. The van der Waals surface area contributed by atoms with Gasteiger partial charge >= 0.3 is 5.97 Å². The van der Waals surface area contributed by atoms with Gasteiger partial charge in [-0.15, -0.1) is 0 Å². The summed E-state index contributed by atoms with van der Waals surface area (Å²) in [6, 6.07) is 26.9. The van der Waals surface area contributed by atoms with Crippen LogP contribution in [-0.2, 0) is 4.79 Å². The Hall–Kier alpha value is -2.91. The van der Waals surface area contributed by atoms with E-state index in [2.05, 4.69) is 72.5 Å². The Morgan fingerprint density at radius 3 is 2.31 bits per heavy atom. The van der Waals surface area contributed by atoms with Crippen molar-refractivity contribution in [1.29, 1.82) is 0 Å². The lowest BCUT2D eigenvalue weighted by Gasteiger charge is -2.39. The Morgan fingerprint density at radius 2 is 1.62 bits per heavy atom. The number of aliphatic carboxylic acids is 1. The highest BCUT2D eigenvalue weighted by Crippen LogP contribution is 2.35. The van der Waals surface area contributed by atoms with Crippen molar-refractivity contribution in [3.63, 3.8) is 0 Å². The second kappa shape index (κ2) is 8.62. The topological polar surface area (TPSA) is 40.5 Å². The zero-order chi connectivity index (χ0) is 20.2. The summed E-state index contributed by atoms with van der Waals surface area (Å²) in [5, 5.41) is 9.86. The lowest BCUT2D eigenvalue weighted by atomic mass is 9.90. The van der Waals surface area contributed by atoms with Crippen molar-refractivity contribution in [3.05, 3.63) is 95.6 Å². The fourth-order valence-electron chi connectivity index (χ4n) is 4.43. The average Bonchev–Trinajstić information content (AvgIpc) is 2.75. The van der Waals surface area contributed by atoms with Crippen LogP contribution in [0.15, 0.2) is 78.9 Å². The molecule has 1 saturated heterocycles. The van der Waals surface area contributed by atoms with Gasteiger partial charge in [0, 0.05) is 0 Å². The number of aryl methyl sites for hydroxylation is 1. The highest BCUT2D eigenvalue weighted by atomic mass is 16.4. The Labute approximate surface area is 172 Å². The van der Waals surface area contributed by atoms with E-state index in [4.69, 9.17) is 0 Å². The molecule has 3 nitrogen and oxygen atoms in total. The molecule has 1 heterocycles. The molecule has 2 unspecified atom stereocenters. The van der Waals surface area contributed by atoms with Crippen molar-refractivity contribution in [1.82, 2.24) is 4.90 Å². The number of nitrogens with zero attached hydrogens (tertiary/aromatic N) is 1. The first-order chi connectivity index (χ1) is 14.1. The zero-order valence-corrected chi connectivity index (χ0v) is 16.8. The van der Waals surface area contributed by atoms with Gasteiger partial charge in [-0.05, 0) is 48.6 Å². The maximum atomic E-state index is 12.0. The summed E-state index contributed by atoms with van der Waals surface area (Å²) < 4.78 is 0. The van der Waals surface area contributed by atoms with Gasteiger partial charge in [0.05, 0.1) is 6.04 Å². The summed E-state index contributed by atoms with van der Waals surface area (Å²) in [6.07, 6.45) is 2.72. The van der Waals surface area contributed by atoms with Crippen LogP contribution in [-0.4, -0.2) is 28.6 Å². The van der Waals surface area contributed by atoms with Crippen LogP contribution in [0, 0.1) is 6.92 Å². The van der Waals surface area contributed by atoms with Gasteiger partial charge in [0.25, 0.3) is 0 Å². The van der Waals surface area contributed by atoms with E-state index < -0.39 is 12.0 Å². The number of carboxylic acid groups (broad SMARTS) is 1. The molecule has 148 valence electrons. The van der Waals surface area contributed by atoms with Crippen molar-refractivity contribution in [2.45, 2.75) is 38.3 Å². The molecule has 1 aliphatic heterocycles. The number of hydrogen-bond acceptors (Lipinski definition) is 2. The number of benzene rings is 3. The smallest absolute Gasteiger partial charge is 0.320 e. The van der Waals surface area contributed by atoms with Crippen LogP contribution >= 0.6 is 0 Å². The normalized spacial score (nSPS) is 18.3. The standard InChI is InChI=1S/C26H27NO2/c1-19-8-7-11-23(18-19)25(27-17-6-5-12-24(27)26(28)29)22-15-13-21(14-16-22)20-9-3-2-4-10-20/h2-4,7-11,13-16,18,24-25H,5-6,12,17H2,1H3,(H,28,29). The summed E-state index contributed by atoms with van der Waals surface area (Å²) in [7, 11) is 0. The van der Waals surface area contributed by atoms with Crippen molar-refractivity contribution in [2.24, 2.45) is 0 Å². The van der Waals surface area contributed by atoms with Gasteiger partial charge < -0.3 is 5.11 Å². The first kappa shape index (κ1) is 19.4. The molecule has 0 aromatic heterocycles. The third-order valence-electron chi connectivity index (χ3n) is 5.85. The minimum atomic E-state index is -0.719.